The van der Waals surface area contributed by atoms with E-state index < -0.39 is 0 Å². The van der Waals surface area contributed by atoms with Gasteiger partial charge in [-0.2, -0.15) is 0 Å². The molecule has 0 N–H and O–H groups in total. The first kappa shape index (κ1) is 20.3. The van der Waals surface area contributed by atoms with Gasteiger partial charge in [-0.05, 0) is 42.9 Å². The minimum atomic E-state index is 0.157. The quantitative estimate of drug-likeness (QED) is 0.460. The summed E-state index contributed by atoms with van der Waals surface area (Å²) in [7, 11) is 0. The van der Waals surface area contributed by atoms with Crippen LogP contribution in [0.5, 0.6) is 0 Å². The average molecular weight is 320 g/mol. The second kappa shape index (κ2) is 8.94. The van der Waals surface area contributed by atoms with Crippen LogP contribution in [0, 0.1) is 29.1 Å². The molecule has 0 radical (unpaired) electrons. The molecule has 1 heteroatoms. The molecule has 0 aromatic heterocycles. The van der Waals surface area contributed by atoms with Gasteiger partial charge in [-0.15, -0.1) is 0 Å². The third-order valence-electron chi connectivity index (χ3n) is 5.61. The van der Waals surface area contributed by atoms with Gasteiger partial charge in [-0.25, -0.2) is 0 Å². The van der Waals surface area contributed by atoms with Crippen molar-refractivity contribution in [1.82, 2.24) is 4.90 Å². The van der Waals surface area contributed by atoms with Crippen LogP contribution >= 0.6 is 0 Å². The summed E-state index contributed by atoms with van der Waals surface area (Å²) in [6, 6.07) is 0. The van der Waals surface area contributed by atoms with Crippen molar-refractivity contribution in [3.63, 3.8) is 0 Å². The lowest BCUT2D eigenvalue weighted by Gasteiger charge is -2.40. The van der Waals surface area contributed by atoms with Crippen molar-refractivity contribution < 1.29 is 0 Å². The molecule has 0 aliphatic heterocycles. The van der Waals surface area contributed by atoms with E-state index in [1.165, 1.54) is 37.9 Å². The van der Waals surface area contributed by atoms with Gasteiger partial charge >= 0.3 is 0 Å². The first-order valence-corrected chi connectivity index (χ1v) is 9.76. The minimum absolute atomic E-state index is 0.157. The van der Waals surface area contributed by atoms with E-state index in [-0.39, 0.29) is 5.41 Å². The summed E-state index contributed by atoms with van der Waals surface area (Å²) in [5, 5.41) is 0. The lowest BCUT2D eigenvalue weighted by molar-refractivity contribution is 0.148. The van der Waals surface area contributed by atoms with Gasteiger partial charge < -0.3 is 4.90 Å². The molecule has 3 unspecified atom stereocenters. The van der Waals surface area contributed by atoms with E-state index in [1.807, 2.05) is 0 Å². The SMILES string of the molecule is C=C(N(CC(C)C)CC(CC)C(C)C1CC=CCC1)C(C)(C)C. The maximum absolute atomic E-state index is 4.45. The van der Waals surface area contributed by atoms with Crippen LogP contribution in [0.25, 0.3) is 0 Å². The van der Waals surface area contributed by atoms with E-state index in [1.54, 1.807) is 0 Å². The summed E-state index contributed by atoms with van der Waals surface area (Å²) < 4.78 is 0. The third-order valence-corrected chi connectivity index (χ3v) is 5.61. The Morgan fingerprint density at radius 3 is 2.26 bits per heavy atom. The summed E-state index contributed by atoms with van der Waals surface area (Å²) in [6.07, 6.45) is 9.96. The minimum Gasteiger partial charge on any atom is -0.374 e. The number of hydrogen-bond acceptors (Lipinski definition) is 1. The summed E-state index contributed by atoms with van der Waals surface area (Å²) in [4.78, 5) is 2.59. The summed E-state index contributed by atoms with van der Waals surface area (Å²) in [5.74, 6) is 3.12. The molecule has 134 valence electrons. The van der Waals surface area contributed by atoms with Crippen molar-refractivity contribution >= 4 is 0 Å². The lowest BCUT2D eigenvalue weighted by Crippen LogP contribution is -2.39. The van der Waals surface area contributed by atoms with Crippen LogP contribution in [0.4, 0.5) is 0 Å². The van der Waals surface area contributed by atoms with Crippen LogP contribution in [-0.4, -0.2) is 18.0 Å². The van der Waals surface area contributed by atoms with Gasteiger partial charge in [-0.1, -0.05) is 73.6 Å². The van der Waals surface area contributed by atoms with Crippen molar-refractivity contribution in [3.8, 4) is 0 Å². The topological polar surface area (TPSA) is 3.24 Å². The van der Waals surface area contributed by atoms with Crippen LogP contribution in [-0.2, 0) is 0 Å². The van der Waals surface area contributed by atoms with Crippen molar-refractivity contribution in [3.05, 3.63) is 24.4 Å². The van der Waals surface area contributed by atoms with Gasteiger partial charge in [0.2, 0.25) is 0 Å². The molecule has 1 aliphatic rings. The zero-order chi connectivity index (χ0) is 17.6. The Morgan fingerprint density at radius 2 is 1.83 bits per heavy atom. The Bertz CT molecular complexity index is 385. The Labute approximate surface area is 146 Å². The molecule has 3 atom stereocenters. The molecule has 0 saturated carbocycles. The Hall–Kier alpha value is -0.720. The Kier molecular flexibility index (Phi) is 7.90. The molecule has 0 aromatic carbocycles. The van der Waals surface area contributed by atoms with Crippen molar-refractivity contribution in [1.29, 1.82) is 0 Å². The van der Waals surface area contributed by atoms with Gasteiger partial charge in [0, 0.05) is 24.2 Å². The van der Waals surface area contributed by atoms with Gasteiger partial charge in [0.15, 0.2) is 0 Å². The molecular formula is C22H41N. The second-order valence-electron chi connectivity index (χ2n) is 9.07. The molecule has 23 heavy (non-hydrogen) atoms. The first-order chi connectivity index (χ1) is 10.7. The largest absolute Gasteiger partial charge is 0.374 e. The summed E-state index contributed by atoms with van der Waals surface area (Å²) in [5.41, 5.74) is 1.46. The predicted molar refractivity (Wildman–Crippen MR) is 104 cm³/mol. The summed E-state index contributed by atoms with van der Waals surface area (Å²) in [6.45, 7) is 23.1. The number of allylic oxidation sites excluding steroid dienone is 3. The third kappa shape index (κ3) is 6.36. The normalized spacial score (nSPS) is 21.3. The Balaban J connectivity index is 2.81. The molecule has 0 aromatic rings. The molecule has 0 fully saturated rings. The van der Waals surface area contributed by atoms with Crippen molar-refractivity contribution in [2.75, 3.05) is 13.1 Å². The average Bonchev–Trinajstić information content (AvgIpc) is 2.49. The van der Waals surface area contributed by atoms with Gasteiger partial charge in [0.1, 0.15) is 0 Å². The maximum atomic E-state index is 4.45. The van der Waals surface area contributed by atoms with Gasteiger partial charge in [0.25, 0.3) is 0 Å². The van der Waals surface area contributed by atoms with E-state index in [4.69, 9.17) is 0 Å². The van der Waals surface area contributed by atoms with E-state index in [0.717, 1.165) is 24.3 Å². The van der Waals surface area contributed by atoms with Crippen LogP contribution in [0.2, 0.25) is 0 Å². The zero-order valence-electron chi connectivity index (χ0n) is 16.9. The van der Waals surface area contributed by atoms with Gasteiger partial charge in [0.05, 0.1) is 0 Å². The summed E-state index contributed by atoms with van der Waals surface area (Å²) >= 11 is 0. The second-order valence-corrected chi connectivity index (χ2v) is 9.07. The molecule has 0 heterocycles. The van der Waals surface area contributed by atoms with E-state index >= 15 is 0 Å². The van der Waals surface area contributed by atoms with E-state index in [0.29, 0.717) is 5.92 Å². The molecular weight excluding hydrogens is 278 g/mol. The molecule has 1 aliphatic carbocycles. The highest BCUT2D eigenvalue weighted by Crippen LogP contribution is 2.35. The fourth-order valence-corrected chi connectivity index (χ4v) is 3.84. The fraction of sp³-hybridized carbons (Fsp3) is 0.818. The van der Waals surface area contributed by atoms with E-state index in [2.05, 4.69) is 72.1 Å². The smallest absolute Gasteiger partial charge is 0.0205 e. The predicted octanol–water partition coefficient (Wildman–Crippen LogP) is 6.52. The van der Waals surface area contributed by atoms with Crippen LogP contribution in [0.3, 0.4) is 0 Å². The highest BCUT2D eigenvalue weighted by molar-refractivity contribution is 5.05. The van der Waals surface area contributed by atoms with Crippen LogP contribution in [0.1, 0.15) is 74.1 Å². The first-order valence-electron chi connectivity index (χ1n) is 9.76. The van der Waals surface area contributed by atoms with E-state index in [9.17, 15) is 0 Å². The monoisotopic (exact) mass is 319 g/mol. The van der Waals surface area contributed by atoms with Crippen molar-refractivity contribution in [2.24, 2.45) is 29.1 Å². The highest BCUT2D eigenvalue weighted by Gasteiger charge is 2.29. The van der Waals surface area contributed by atoms with Crippen LogP contribution < -0.4 is 0 Å². The van der Waals surface area contributed by atoms with Gasteiger partial charge in [-0.3, -0.25) is 0 Å². The van der Waals surface area contributed by atoms with Crippen molar-refractivity contribution in [2.45, 2.75) is 74.1 Å². The molecule has 0 spiro atoms. The molecule has 1 rings (SSSR count). The molecule has 0 amide bonds. The lowest BCUT2D eigenvalue weighted by atomic mass is 9.75. The fourth-order valence-electron chi connectivity index (χ4n) is 3.84. The molecule has 0 saturated heterocycles. The number of hydrogen-bond donors (Lipinski definition) is 0. The standard InChI is InChI=1S/C22H41N/c1-9-20(18(4)21-13-11-10-12-14-21)16-23(15-17(2)3)19(5)22(6,7)8/h10-11,17-18,20-21H,5,9,12-16H2,1-4,6-8H3. The zero-order valence-corrected chi connectivity index (χ0v) is 16.9. The number of rotatable bonds is 8. The maximum Gasteiger partial charge on any atom is 0.0205 e. The molecule has 1 nitrogen and oxygen atoms in total. The number of nitrogens with zero attached hydrogens (tertiary/aromatic N) is 1. The highest BCUT2D eigenvalue weighted by atomic mass is 15.1. The van der Waals surface area contributed by atoms with Crippen LogP contribution in [0.15, 0.2) is 24.4 Å². The molecule has 0 bridgehead atoms. The Morgan fingerprint density at radius 1 is 1.17 bits per heavy atom.